The third-order valence-corrected chi connectivity index (χ3v) is 4.92. The van der Waals surface area contributed by atoms with E-state index in [2.05, 4.69) is 52.1 Å². The highest BCUT2D eigenvalue weighted by atomic mass is 32.1. The highest BCUT2D eigenvalue weighted by Gasteiger charge is 2.11. The molecule has 2 heterocycles. The highest BCUT2D eigenvalue weighted by molar-refractivity contribution is 7.19. The first-order valence-corrected chi connectivity index (χ1v) is 8.08. The van der Waals surface area contributed by atoms with Gasteiger partial charge in [-0.2, -0.15) is 0 Å². The molecule has 3 rings (SSSR count). The van der Waals surface area contributed by atoms with Crippen LogP contribution in [0.2, 0.25) is 0 Å². The summed E-state index contributed by atoms with van der Waals surface area (Å²) in [7, 11) is 0. The van der Waals surface area contributed by atoms with E-state index in [1.54, 1.807) is 22.7 Å². The van der Waals surface area contributed by atoms with Crippen LogP contribution in [-0.2, 0) is 6.42 Å². The van der Waals surface area contributed by atoms with Gasteiger partial charge in [0.15, 0.2) is 0 Å². The molecule has 0 spiro atoms. The van der Waals surface area contributed by atoms with Gasteiger partial charge in [-0.15, -0.1) is 21.5 Å². The Morgan fingerprint density at radius 2 is 2.11 bits per heavy atom. The van der Waals surface area contributed by atoms with Gasteiger partial charge in [-0.25, -0.2) is 0 Å². The number of thiophene rings is 1. The number of hydrogen-bond donors (Lipinski definition) is 1. The second-order valence-electron chi connectivity index (χ2n) is 4.25. The molecule has 5 heteroatoms. The van der Waals surface area contributed by atoms with Gasteiger partial charge in [-0.3, -0.25) is 0 Å². The van der Waals surface area contributed by atoms with Gasteiger partial charge in [0.1, 0.15) is 10.0 Å². The van der Waals surface area contributed by atoms with Gasteiger partial charge in [-0.05, 0) is 12.6 Å². The molecule has 1 N–H and O–H groups in total. The summed E-state index contributed by atoms with van der Waals surface area (Å²) in [6.45, 7) is 4.08. The summed E-state index contributed by atoms with van der Waals surface area (Å²) < 4.78 is 1.31. The maximum absolute atomic E-state index is 4.33. The Kier molecular flexibility index (Phi) is 3.87. The fraction of sp³-hybridized carbons (Fsp3) is 0.286. The molecule has 0 fully saturated rings. The highest BCUT2D eigenvalue weighted by Crippen LogP contribution is 2.35. The van der Waals surface area contributed by atoms with E-state index in [0.29, 0.717) is 0 Å². The molecule has 98 valence electrons. The normalized spacial score (nSPS) is 11.2. The summed E-state index contributed by atoms with van der Waals surface area (Å²) in [6.07, 6.45) is 0.952. The van der Waals surface area contributed by atoms with E-state index in [1.165, 1.54) is 15.6 Å². The molecule has 0 aliphatic heterocycles. The van der Waals surface area contributed by atoms with Crippen LogP contribution in [0.5, 0.6) is 0 Å². The molecule has 0 saturated heterocycles. The van der Waals surface area contributed by atoms with Crippen molar-refractivity contribution in [1.82, 2.24) is 15.5 Å². The van der Waals surface area contributed by atoms with Gasteiger partial charge < -0.3 is 5.32 Å². The van der Waals surface area contributed by atoms with Gasteiger partial charge in [0, 0.05) is 34.0 Å². The molecular weight excluding hydrogens is 274 g/mol. The Hall–Kier alpha value is -1.30. The summed E-state index contributed by atoms with van der Waals surface area (Å²) in [6, 6.07) is 8.45. The molecule has 19 heavy (non-hydrogen) atoms. The maximum Gasteiger partial charge on any atom is 0.149 e. The molecule has 0 aliphatic carbocycles. The molecule has 0 bridgehead atoms. The maximum atomic E-state index is 4.33. The lowest BCUT2D eigenvalue weighted by Gasteiger charge is -1.96. The van der Waals surface area contributed by atoms with Crippen LogP contribution in [0.1, 0.15) is 11.9 Å². The van der Waals surface area contributed by atoms with Crippen molar-refractivity contribution >= 4 is 32.8 Å². The standard InChI is InChI=1S/C14H15N3S2/c1-2-15-8-7-13-16-17-14(19-13)11-9-18-12-6-4-3-5-10(11)12/h3-6,9,15H,2,7-8H2,1H3. The molecule has 0 radical (unpaired) electrons. The van der Waals surface area contributed by atoms with E-state index in [-0.39, 0.29) is 0 Å². The number of likely N-dealkylation sites (N-methyl/N-ethyl adjacent to an activating group) is 1. The lowest BCUT2D eigenvalue weighted by Crippen LogP contribution is -2.15. The summed E-state index contributed by atoms with van der Waals surface area (Å²) in [5.74, 6) is 0. The van der Waals surface area contributed by atoms with Crippen LogP contribution in [0.3, 0.4) is 0 Å². The minimum atomic E-state index is 0.952. The predicted octanol–water partition coefficient (Wildman–Crippen LogP) is 3.57. The van der Waals surface area contributed by atoms with Crippen LogP contribution < -0.4 is 5.32 Å². The van der Waals surface area contributed by atoms with Crippen LogP contribution in [-0.4, -0.2) is 23.3 Å². The fourth-order valence-electron chi connectivity index (χ4n) is 1.98. The van der Waals surface area contributed by atoms with E-state index in [9.17, 15) is 0 Å². The number of nitrogens with zero attached hydrogens (tertiary/aromatic N) is 2. The van der Waals surface area contributed by atoms with Crippen LogP contribution in [0, 0.1) is 0 Å². The molecule has 3 nitrogen and oxygen atoms in total. The summed E-state index contributed by atoms with van der Waals surface area (Å²) in [5.41, 5.74) is 1.22. The zero-order valence-corrected chi connectivity index (χ0v) is 12.4. The third-order valence-electron chi connectivity index (χ3n) is 2.94. The lowest BCUT2D eigenvalue weighted by atomic mass is 10.2. The third kappa shape index (κ3) is 2.68. The van der Waals surface area contributed by atoms with E-state index >= 15 is 0 Å². The number of rotatable bonds is 5. The van der Waals surface area contributed by atoms with E-state index in [4.69, 9.17) is 0 Å². The average Bonchev–Trinajstić information content (AvgIpc) is 3.05. The molecule has 0 unspecified atom stereocenters. The number of benzene rings is 1. The minimum Gasteiger partial charge on any atom is -0.317 e. The first-order valence-electron chi connectivity index (χ1n) is 6.38. The van der Waals surface area contributed by atoms with Crippen molar-refractivity contribution in [3.05, 3.63) is 34.7 Å². The zero-order chi connectivity index (χ0) is 13.1. The number of nitrogens with one attached hydrogen (secondary N) is 1. The zero-order valence-electron chi connectivity index (χ0n) is 10.7. The molecule has 1 aromatic carbocycles. The average molecular weight is 289 g/mol. The largest absolute Gasteiger partial charge is 0.317 e. The van der Waals surface area contributed by atoms with Crippen molar-refractivity contribution in [2.24, 2.45) is 0 Å². The van der Waals surface area contributed by atoms with Crippen molar-refractivity contribution < 1.29 is 0 Å². The quantitative estimate of drug-likeness (QED) is 0.730. The van der Waals surface area contributed by atoms with Crippen LogP contribution in [0.25, 0.3) is 20.7 Å². The van der Waals surface area contributed by atoms with Gasteiger partial charge in [0.2, 0.25) is 0 Å². The van der Waals surface area contributed by atoms with Gasteiger partial charge >= 0.3 is 0 Å². The predicted molar refractivity (Wildman–Crippen MR) is 83.0 cm³/mol. The van der Waals surface area contributed by atoms with Crippen molar-refractivity contribution in [1.29, 1.82) is 0 Å². The second-order valence-corrected chi connectivity index (χ2v) is 6.22. The number of hydrogen-bond acceptors (Lipinski definition) is 5. The van der Waals surface area contributed by atoms with Gasteiger partial charge in [0.25, 0.3) is 0 Å². The number of aromatic nitrogens is 2. The Balaban J connectivity index is 1.86. The van der Waals surface area contributed by atoms with Gasteiger partial charge in [0.05, 0.1) is 0 Å². The Bertz CT molecular complexity index is 672. The molecule has 2 aromatic heterocycles. The Labute approximate surface area is 120 Å². The second kappa shape index (κ2) is 5.77. The van der Waals surface area contributed by atoms with Crippen LogP contribution in [0.15, 0.2) is 29.6 Å². The lowest BCUT2D eigenvalue weighted by molar-refractivity contribution is 0.710. The molecule has 3 aromatic rings. The monoisotopic (exact) mass is 289 g/mol. The van der Waals surface area contributed by atoms with Crippen molar-refractivity contribution in [2.75, 3.05) is 13.1 Å². The van der Waals surface area contributed by atoms with Crippen molar-refractivity contribution in [2.45, 2.75) is 13.3 Å². The molecule has 0 aliphatic rings. The van der Waals surface area contributed by atoms with E-state index < -0.39 is 0 Å². The topological polar surface area (TPSA) is 37.8 Å². The Morgan fingerprint density at radius 1 is 1.21 bits per heavy atom. The first-order chi connectivity index (χ1) is 9.38. The molecule has 0 amide bonds. The smallest absolute Gasteiger partial charge is 0.149 e. The fourth-order valence-corrected chi connectivity index (χ4v) is 3.87. The van der Waals surface area contributed by atoms with Crippen LogP contribution >= 0.6 is 22.7 Å². The summed E-state index contributed by atoms with van der Waals surface area (Å²) in [4.78, 5) is 0. The first kappa shape index (κ1) is 12.7. The van der Waals surface area contributed by atoms with Crippen molar-refractivity contribution in [3.63, 3.8) is 0 Å². The minimum absolute atomic E-state index is 0.952. The van der Waals surface area contributed by atoms with Crippen molar-refractivity contribution in [3.8, 4) is 10.6 Å². The van der Waals surface area contributed by atoms with Gasteiger partial charge in [-0.1, -0.05) is 36.5 Å². The Morgan fingerprint density at radius 3 is 3.00 bits per heavy atom. The molecule has 0 atom stereocenters. The van der Waals surface area contributed by atoms with E-state index in [1.807, 2.05) is 0 Å². The molecular formula is C14H15N3S2. The SMILES string of the molecule is CCNCCc1nnc(-c2csc3ccccc23)s1. The summed E-state index contributed by atoms with van der Waals surface area (Å²) >= 11 is 3.47. The number of fused-ring (bicyclic) bond motifs is 1. The van der Waals surface area contributed by atoms with Crippen LogP contribution in [0.4, 0.5) is 0 Å². The molecule has 0 saturated carbocycles. The summed E-state index contributed by atoms with van der Waals surface area (Å²) in [5, 5.41) is 17.5. The van der Waals surface area contributed by atoms with E-state index in [0.717, 1.165) is 29.5 Å².